The van der Waals surface area contributed by atoms with Crippen LogP contribution in [0.5, 0.6) is 5.75 Å². The molecule has 0 unspecified atom stereocenters. The van der Waals surface area contributed by atoms with Crippen LogP contribution in [0.25, 0.3) is 0 Å². The Kier molecular flexibility index (Phi) is 5.02. The van der Waals surface area contributed by atoms with Crippen LogP contribution in [-0.2, 0) is 11.2 Å². The van der Waals surface area contributed by atoms with Crippen molar-refractivity contribution in [2.45, 2.75) is 38.8 Å². The van der Waals surface area contributed by atoms with E-state index >= 15 is 0 Å². The number of para-hydroxylation sites is 1. The molecule has 0 bridgehead atoms. The van der Waals surface area contributed by atoms with E-state index in [1.165, 1.54) is 5.56 Å². The zero-order valence-corrected chi connectivity index (χ0v) is 11.3. The minimum atomic E-state index is 0.329. The van der Waals surface area contributed by atoms with E-state index in [2.05, 4.69) is 31.3 Å². The van der Waals surface area contributed by atoms with Crippen molar-refractivity contribution in [3.05, 3.63) is 29.8 Å². The van der Waals surface area contributed by atoms with E-state index in [9.17, 15) is 0 Å². The molecule has 1 aliphatic rings. The third-order valence-corrected chi connectivity index (χ3v) is 3.08. The molecule has 18 heavy (non-hydrogen) atoms. The van der Waals surface area contributed by atoms with Gasteiger partial charge in [0.1, 0.15) is 12.4 Å². The van der Waals surface area contributed by atoms with Gasteiger partial charge in [-0.05, 0) is 44.9 Å². The second-order valence-electron chi connectivity index (χ2n) is 5.05. The molecule has 1 N–H and O–H groups in total. The first kappa shape index (κ1) is 13.4. The Bertz CT molecular complexity index is 365. The van der Waals surface area contributed by atoms with E-state index in [-0.39, 0.29) is 0 Å². The lowest BCUT2D eigenvalue weighted by atomic mass is 10.0. The van der Waals surface area contributed by atoms with Crippen molar-refractivity contribution in [1.82, 2.24) is 5.32 Å². The summed E-state index contributed by atoms with van der Waals surface area (Å²) in [6.45, 7) is 6.72. The maximum Gasteiger partial charge on any atom is 0.122 e. The largest absolute Gasteiger partial charge is 0.492 e. The Hall–Kier alpha value is -1.06. The summed E-state index contributed by atoms with van der Waals surface area (Å²) in [6, 6.07) is 8.71. The number of ether oxygens (including phenoxy) is 2. The van der Waals surface area contributed by atoms with Gasteiger partial charge in [0, 0.05) is 12.6 Å². The molecule has 0 amide bonds. The fraction of sp³-hybridized carbons (Fsp3) is 0.600. The van der Waals surface area contributed by atoms with E-state index in [4.69, 9.17) is 9.47 Å². The molecule has 3 heteroatoms. The highest BCUT2D eigenvalue weighted by atomic mass is 16.5. The van der Waals surface area contributed by atoms with Crippen molar-refractivity contribution in [3.63, 3.8) is 0 Å². The molecule has 100 valence electrons. The van der Waals surface area contributed by atoms with Gasteiger partial charge in [-0.25, -0.2) is 0 Å². The van der Waals surface area contributed by atoms with Gasteiger partial charge < -0.3 is 14.8 Å². The molecule has 1 aromatic rings. The van der Waals surface area contributed by atoms with Gasteiger partial charge in [-0.15, -0.1) is 0 Å². The smallest absolute Gasteiger partial charge is 0.122 e. The summed E-state index contributed by atoms with van der Waals surface area (Å²) in [5.41, 5.74) is 1.31. The Morgan fingerprint density at radius 3 is 3.06 bits per heavy atom. The number of rotatable bonds is 6. The van der Waals surface area contributed by atoms with Gasteiger partial charge in [0.05, 0.1) is 6.10 Å². The first-order chi connectivity index (χ1) is 8.75. The molecular weight excluding hydrogens is 226 g/mol. The minimum absolute atomic E-state index is 0.329. The van der Waals surface area contributed by atoms with Gasteiger partial charge in [-0.2, -0.15) is 0 Å². The van der Waals surface area contributed by atoms with E-state index in [1.54, 1.807) is 0 Å². The molecule has 1 heterocycles. The first-order valence-electron chi connectivity index (χ1n) is 6.81. The number of nitrogens with one attached hydrogen (secondary N) is 1. The summed E-state index contributed by atoms with van der Waals surface area (Å²) in [7, 11) is 0. The summed E-state index contributed by atoms with van der Waals surface area (Å²) < 4.78 is 11.3. The number of benzene rings is 1. The van der Waals surface area contributed by atoms with Crippen LogP contribution in [0.1, 0.15) is 25.8 Å². The lowest BCUT2D eigenvalue weighted by molar-refractivity contribution is 0.0762. The normalized spacial score (nSPS) is 18.5. The van der Waals surface area contributed by atoms with Gasteiger partial charge >= 0.3 is 0 Å². The predicted octanol–water partition coefficient (Wildman–Crippen LogP) is 2.39. The van der Waals surface area contributed by atoms with Crippen molar-refractivity contribution < 1.29 is 9.47 Å². The maximum absolute atomic E-state index is 5.74. The highest BCUT2D eigenvalue weighted by molar-refractivity contribution is 5.35. The van der Waals surface area contributed by atoms with Crippen LogP contribution < -0.4 is 10.1 Å². The fourth-order valence-electron chi connectivity index (χ4n) is 2.16. The van der Waals surface area contributed by atoms with Crippen molar-refractivity contribution in [2.24, 2.45) is 0 Å². The third kappa shape index (κ3) is 4.00. The monoisotopic (exact) mass is 249 g/mol. The summed E-state index contributed by atoms with van der Waals surface area (Å²) in [6.07, 6.45) is 2.44. The minimum Gasteiger partial charge on any atom is -0.492 e. The second kappa shape index (κ2) is 6.76. The average Bonchev–Trinajstić information content (AvgIpc) is 2.38. The molecule has 0 saturated carbocycles. The quantitative estimate of drug-likeness (QED) is 0.785. The Morgan fingerprint density at radius 1 is 1.39 bits per heavy atom. The highest BCUT2D eigenvalue weighted by Crippen LogP contribution is 2.23. The van der Waals surface area contributed by atoms with E-state index in [1.807, 2.05) is 12.1 Å². The van der Waals surface area contributed by atoms with Gasteiger partial charge in [-0.1, -0.05) is 18.2 Å². The number of fused-ring (bicyclic) bond motifs is 1. The molecule has 1 aliphatic heterocycles. The molecule has 0 radical (unpaired) electrons. The average molecular weight is 249 g/mol. The maximum atomic E-state index is 5.74. The van der Waals surface area contributed by atoms with Gasteiger partial charge in [0.15, 0.2) is 0 Å². The van der Waals surface area contributed by atoms with Gasteiger partial charge in [-0.3, -0.25) is 0 Å². The number of hydrogen-bond donors (Lipinski definition) is 1. The molecule has 2 rings (SSSR count). The van der Waals surface area contributed by atoms with Crippen LogP contribution in [0.3, 0.4) is 0 Å². The summed E-state index contributed by atoms with van der Waals surface area (Å²) in [5, 5.41) is 3.53. The zero-order valence-electron chi connectivity index (χ0n) is 11.3. The third-order valence-electron chi connectivity index (χ3n) is 3.08. The molecule has 0 aromatic heterocycles. The van der Waals surface area contributed by atoms with Crippen LogP contribution in [0.4, 0.5) is 0 Å². The standard InChI is InChI=1S/C15H23NO2/c1-12(2)17-9-5-8-16-14-10-13-6-3-4-7-15(13)18-11-14/h3-4,6-7,12,14,16H,5,8-11H2,1-2H3/t14-/m1/s1. The topological polar surface area (TPSA) is 30.5 Å². The van der Waals surface area contributed by atoms with Gasteiger partial charge in [0.25, 0.3) is 0 Å². The zero-order chi connectivity index (χ0) is 12.8. The van der Waals surface area contributed by atoms with E-state index in [0.717, 1.165) is 38.3 Å². The molecule has 1 aromatic carbocycles. The Morgan fingerprint density at radius 2 is 2.22 bits per heavy atom. The van der Waals surface area contributed by atoms with Crippen LogP contribution in [0.15, 0.2) is 24.3 Å². The fourth-order valence-corrected chi connectivity index (χ4v) is 2.16. The van der Waals surface area contributed by atoms with Crippen LogP contribution in [0.2, 0.25) is 0 Å². The SMILES string of the molecule is CC(C)OCCCN[C@H]1COc2ccccc2C1. The van der Waals surface area contributed by atoms with Crippen molar-refractivity contribution in [1.29, 1.82) is 0 Å². The van der Waals surface area contributed by atoms with Gasteiger partial charge in [0.2, 0.25) is 0 Å². The number of hydrogen-bond acceptors (Lipinski definition) is 3. The van der Waals surface area contributed by atoms with Crippen molar-refractivity contribution in [2.75, 3.05) is 19.8 Å². The van der Waals surface area contributed by atoms with E-state index < -0.39 is 0 Å². The Labute approximate surface area is 109 Å². The lowest BCUT2D eigenvalue weighted by Gasteiger charge is -2.26. The first-order valence-corrected chi connectivity index (χ1v) is 6.81. The molecule has 0 fully saturated rings. The molecule has 1 atom stereocenters. The van der Waals surface area contributed by atoms with Crippen LogP contribution >= 0.6 is 0 Å². The predicted molar refractivity (Wildman–Crippen MR) is 73.1 cm³/mol. The summed E-state index contributed by atoms with van der Waals surface area (Å²) in [4.78, 5) is 0. The molecule has 3 nitrogen and oxygen atoms in total. The molecular formula is C15H23NO2. The second-order valence-corrected chi connectivity index (χ2v) is 5.05. The van der Waals surface area contributed by atoms with Crippen LogP contribution in [-0.4, -0.2) is 31.9 Å². The Balaban J connectivity index is 1.67. The van der Waals surface area contributed by atoms with Crippen LogP contribution in [0, 0.1) is 0 Å². The lowest BCUT2D eigenvalue weighted by Crippen LogP contribution is -2.40. The molecule has 0 saturated heterocycles. The summed E-state index contributed by atoms with van der Waals surface area (Å²) >= 11 is 0. The molecule has 0 aliphatic carbocycles. The molecule has 0 spiro atoms. The highest BCUT2D eigenvalue weighted by Gasteiger charge is 2.18. The van der Waals surface area contributed by atoms with Crippen molar-refractivity contribution in [3.8, 4) is 5.75 Å². The summed E-state index contributed by atoms with van der Waals surface area (Å²) in [5.74, 6) is 1.04. The van der Waals surface area contributed by atoms with Crippen molar-refractivity contribution >= 4 is 0 Å². The van der Waals surface area contributed by atoms with E-state index in [0.29, 0.717) is 12.1 Å².